The van der Waals surface area contributed by atoms with Gasteiger partial charge in [0.05, 0.1) is 21.2 Å². The summed E-state index contributed by atoms with van der Waals surface area (Å²) in [5.74, 6) is 0. The van der Waals surface area contributed by atoms with Crippen LogP contribution >= 0.6 is 0 Å². The number of sulfone groups is 1. The summed E-state index contributed by atoms with van der Waals surface area (Å²) in [6, 6.07) is 25.3. The molecule has 0 aliphatic carbocycles. The molecule has 9 heteroatoms. The minimum Gasteiger partial charge on any atom is -0.253 e. The molecule has 2 aliphatic rings. The molecule has 0 unspecified atom stereocenters. The van der Waals surface area contributed by atoms with Crippen LogP contribution in [0.5, 0.6) is 0 Å². The molecule has 0 aromatic heterocycles. The van der Waals surface area contributed by atoms with Gasteiger partial charge in [0.25, 0.3) is 0 Å². The van der Waals surface area contributed by atoms with Crippen molar-refractivity contribution in [3.63, 3.8) is 0 Å². The largest absolute Gasteiger partial charge is 0.253 e. The Labute approximate surface area is 205 Å². The second kappa shape index (κ2) is 8.82. The highest BCUT2D eigenvalue weighted by atomic mass is 32.2. The van der Waals surface area contributed by atoms with Crippen LogP contribution in [0.4, 0.5) is 0 Å². The highest BCUT2D eigenvalue weighted by molar-refractivity contribution is 7.91. The van der Waals surface area contributed by atoms with Crippen molar-refractivity contribution in [3.8, 4) is 0 Å². The van der Waals surface area contributed by atoms with Gasteiger partial charge in [-0.1, -0.05) is 66.7 Å². The molecular formula is C26H25N3O4S2. The average Bonchev–Trinajstić information content (AvgIpc) is 3.24. The second-order valence-electron chi connectivity index (χ2n) is 8.79. The smallest absolute Gasteiger partial charge is 0.243 e. The predicted molar refractivity (Wildman–Crippen MR) is 136 cm³/mol. The lowest BCUT2D eigenvalue weighted by molar-refractivity contribution is 0.248. The number of rotatable bonds is 5. The summed E-state index contributed by atoms with van der Waals surface area (Å²) in [7, 11) is -7.37. The summed E-state index contributed by atoms with van der Waals surface area (Å²) in [6.45, 7) is 0.477. The van der Waals surface area contributed by atoms with Crippen molar-refractivity contribution in [2.24, 2.45) is 9.98 Å². The quantitative estimate of drug-likeness (QED) is 0.528. The Bertz CT molecular complexity index is 1470. The molecule has 0 N–H and O–H groups in total. The van der Waals surface area contributed by atoms with E-state index in [1.165, 1.54) is 28.6 Å². The maximum absolute atomic E-state index is 13.3. The fraction of sp³-hybridized carbons (Fsp3) is 0.231. The molecule has 7 nitrogen and oxygen atoms in total. The van der Waals surface area contributed by atoms with Gasteiger partial charge in [-0.25, -0.2) is 16.8 Å². The van der Waals surface area contributed by atoms with Gasteiger partial charge < -0.3 is 0 Å². The highest BCUT2D eigenvalue weighted by Crippen LogP contribution is 2.36. The van der Waals surface area contributed by atoms with Crippen LogP contribution in [0.2, 0.25) is 0 Å². The first kappa shape index (κ1) is 23.6. The lowest BCUT2D eigenvalue weighted by Crippen LogP contribution is -2.44. The number of benzene rings is 3. The minimum atomic E-state index is -3.85. The molecule has 2 aliphatic heterocycles. The molecule has 0 atom stereocenters. The van der Waals surface area contributed by atoms with Crippen molar-refractivity contribution in [2.45, 2.75) is 28.3 Å². The second-order valence-corrected chi connectivity index (χ2v) is 12.7. The van der Waals surface area contributed by atoms with Gasteiger partial charge in [0.2, 0.25) is 10.0 Å². The van der Waals surface area contributed by atoms with Gasteiger partial charge in [0.1, 0.15) is 0 Å². The molecule has 1 spiro atoms. The topological polar surface area (TPSA) is 96.2 Å². The molecule has 2 heterocycles. The number of sulfonamides is 1. The molecule has 180 valence electrons. The standard InChI is InChI=1S/C26H25N3O4S2/c1-34(30,31)22-13-8-14-23(19-22)35(32,33)29-17-15-26(16-18-29)27-24(20-9-4-2-5-10-20)25(28-26)21-11-6-3-7-12-21/h2-14,19H,15-18H2,1H3. The van der Waals surface area contributed by atoms with Gasteiger partial charge in [0.15, 0.2) is 15.5 Å². The monoisotopic (exact) mass is 507 g/mol. The van der Waals surface area contributed by atoms with Crippen molar-refractivity contribution < 1.29 is 16.8 Å². The minimum absolute atomic E-state index is 0.0166. The molecule has 0 radical (unpaired) electrons. The summed E-state index contributed by atoms with van der Waals surface area (Å²) in [5, 5.41) is 0. The van der Waals surface area contributed by atoms with Crippen LogP contribution in [-0.2, 0) is 19.9 Å². The zero-order valence-electron chi connectivity index (χ0n) is 19.2. The number of hydrogen-bond donors (Lipinski definition) is 0. The summed E-state index contributed by atoms with van der Waals surface area (Å²) in [6.07, 6.45) is 1.93. The molecule has 1 fully saturated rings. The summed E-state index contributed by atoms with van der Waals surface area (Å²) in [5.41, 5.74) is 2.85. The van der Waals surface area contributed by atoms with Gasteiger partial charge >= 0.3 is 0 Å². The maximum Gasteiger partial charge on any atom is 0.243 e. The Hall–Kier alpha value is -3.14. The Kier molecular flexibility index (Phi) is 5.94. The number of piperidine rings is 1. The van der Waals surface area contributed by atoms with Gasteiger partial charge in [-0.3, -0.25) is 9.98 Å². The van der Waals surface area contributed by atoms with E-state index >= 15 is 0 Å². The van der Waals surface area contributed by atoms with Crippen molar-refractivity contribution in [3.05, 3.63) is 96.1 Å². The summed E-state index contributed by atoms with van der Waals surface area (Å²) in [4.78, 5) is 10.1. The van der Waals surface area contributed by atoms with Gasteiger partial charge in [-0.2, -0.15) is 4.31 Å². The lowest BCUT2D eigenvalue weighted by Gasteiger charge is -2.34. The molecule has 0 amide bonds. The van der Waals surface area contributed by atoms with E-state index in [1.54, 1.807) is 0 Å². The molecule has 35 heavy (non-hydrogen) atoms. The summed E-state index contributed by atoms with van der Waals surface area (Å²) >= 11 is 0. The van der Waals surface area contributed by atoms with E-state index in [0.717, 1.165) is 28.8 Å². The first-order valence-corrected chi connectivity index (χ1v) is 14.6. The van der Waals surface area contributed by atoms with E-state index in [0.29, 0.717) is 12.8 Å². The third-order valence-electron chi connectivity index (χ3n) is 6.35. The molecule has 0 bridgehead atoms. The van der Waals surface area contributed by atoms with Gasteiger partial charge in [-0.15, -0.1) is 0 Å². The fourth-order valence-electron chi connectivity index (χ4n) is 4.46. The Morgan fingerprint density at radius 1 is 0.686 bits per heavy atom. The molecule has 1 saturated heterocycles. The van der Waals surface area contributed by atoms with Crippen LogP contribution in [-0.4, -0.2) is 57.6 Å². The number of nitrogens with zero attached hydrogens (tertiary/aromatic N) is 3. The normalized spacial score (nSPS) is 18.3. The zero-order chi connectivity index (χ0) is 24.7. The van der Waals surface area contributed by atoms with Crippen LogP contribution in [0.15, 0.2) is 105 Å². The highest BCUT2D eigenvalue weighted by Gasteiger charge is 2.42. The summed E-state index contributed by atoms with van der Waals surface area (Å²) < 4.78 is 51.8. The SMILES string of the molecule is CS(=O)(=O)c1cccc(S(=O)(=O)N2CCC3(CC2)N=C(c2ccccc2)C(c2ccccc2)=N3)c1. The Morgan fingerprint density at radius 2 is 1.17 bits per heavy atom. The van der Waals surface area contributed by atoms with Crippen LogP contribution in [0.3, 0.4) is 0 Å². The first-order valence-electron chi connectivity index (χ1n) is 11.3. The molecule has 0 saturated carbocycles. The lowest BCUT2D eigenvalue weighted by atomic mass is 10.00. The third-order valence-corrected chi connectivity index (χ3v) is 9.36. The average molecular weight is 508 g/mol. The van der Waals surface area contributed by atoms with Crippen molar-refractivity contribution in [1.29, 1.82) is 0 Å². The van der Waals surface area contributed by atoms with Crippen molar-refractivity contribution in [1.82, 2.24) is 4.31 Å². The maximum atomic E-state index is 13.3. The van der Waals surface area contributed by atoms with Crippen LogP contribution in [0, 0.1) is 0 Å². The Balaban J connectivity index is 1.45. The first-order chi connectivity index (χ1) is 16.7. The zero-order valence-corrected chi connectivity index (χ0v) is 20.8. The van der Waals surface area contributed by atoms with Crippen LogP contribution in [0.1, 0.15) is 24.0 Å². The number of hydrogen-bond acceptors (Lipinski definition) is 6. The Morgan fingerprint density at radius 3 is 1.66 bits per heavy atom. The molecule has 5 rings (SSSR count). The van der Waals surface area contributed by atoms with Crippen LogP contribution < -0.4 is 0 Å². The van der Waals surface area contributed by atoms with E-state index in [4.69, 9.17) is 9.98 Å². The molecule has 3 aromatic carbocycles. The van der Waals surface area contributed by atoms with Crippen molar-refractivity contribution >= 4 is 31.3 Å². The van der Waals surface area contributed by atoms with E-state index in [9.17, 15) is 16.8 Å². The van der Waals surface area contributed by atoms with Gasteiger partial charge in [0, 0.05) is 43.3 Å². The number of aliphatic imine (C=N–C) groups is 2. The fourth-order valence-corrected chi connectivity index (χ4v) is 6.69. The van der Waals surface area contributed by atoms with Gasteiger partial charge in [-0.05, 0) is 18.2 Å². The molecule has 3 aromatic rings. The van der Waals surface area contributed by atoms with E-state index in [1.807, 2.05) is 60.7 Å². The van der Waals surface area contributed by atoms with E-state index in [2.05, 4.69) is 0 Å². The van der Waals surface area contributed by atoms with Crippen molar-refractivity contribution in [2.75, 3.05) is 19.3 Å². The van der Waals surface area contributed by atoms with Crippen LogP contribution in [0.25, 0.3) is 0 Å². The van der Waals surface area contributed by atoms with E-state index < -0.39 is 25.5 Å². The third kappa shape index (κ3) is 4.59. The predicted octanol–water partition coefficient (Wildman–Crippen LogP) is 3.56. The van der Waals surface area contributed by atoms with E-state index in [-0.39, 0.29) is 22.9 Å². The molecular weight excluding hydrogens is 482 g/mol.